The minimum Gasteiger partial charge on any atom is -0.393 e. The first-order valence-electron chi connectivity index (χ1n) is 3.61. The second-order valence-electron chi connectivity index (χ2n) is 2.56. The largest absolute Gasteiger partial charge is 0.393 e. The van der Waals surface area contributed by atoms with Crippen molar-refractivity contribution in [2.24, 2.45) is 0 Å². The van der Waals surface area contributed by atoms with Gasteiger partial charge in [0.05, 0.1) is 6.10 Å². The minimum atomic E-state index is -1.97. The molecule has 0 radical (unpaired) electrons. The van der Waals surface area contributed by atoms with Gasteiger partial charge in [-0.25, -0.2) is 8.93 Å². The number of aliphatic hydroxyl groups excluding tert-OH is 1. The van der Waals surface area contributed by atoms with E-state index in [0.717, 1.165) is 6.42 Å². The monoisotopic (exact) mass is 181 g/mol. The molecule has 0 aliphatic carbocycles. The van der Waals surface area contributed by atoms with E-state index in [9.17, 15) is 4.21 Å². The van der Waals surface area contributed by atoms with Gasteiger partial charge in [-0.3, -0.25) is 4.55 Å². The second kappa shape index (κ2) is 5.65. The Bertz CT molecular complexity index is 129. The van der Waals surface area contributed by atoms with Gasteiger partial charge in [-0.15, -0.1) is 0 Å². The van der Waals surface area contributed by atoms with Crippen LogP contribution in [-0.4, -0.2) is 26.0 Å². The molecule has 0 fully saturated rings. The summed E-state index contributed by atoms with van der Waals surface area (Å²) in [6, 6.07) is -0.0826. The Kier molecular flexibility index (Phi) is 5.67. The summed E-state index contributed by atoms with van der Waals surface area (Å²) in [4.78, 5) is 0. The van der Waals surface area contributed by atoms with Crippen molar-refractivity contribution in [3.63, 3.8) is 0 Å². The molecule has 3 N–H and O–H groups in total. The van der Waals surface area contributed by atoms with Gasteiger partial charge in [-0.05, 0) is 19.8 Å². The van der Waals surface area contributed by atoms with Crippen molar-refractivity contribution < 1.29 is 13.9 Å². The molecule has 4 nitrogen and oxygen atoms in total. The summed E-state index contributed by atoms with van der Waals surface area (Å²) in [7, 11) is 0. The van der Waals surface area contributed by atoms with Crippen molar-refractivity contribution >= 4 is 11.3 Å². The molecule has 0 bridgehead atoms. The molecule has 0 amide bonds. The van der Waals surface area contributed by atoms with Crippen LogP contribution in [0.25, 0.3) is 0 Å². The normalized spacial score (nSPS) is 19.3. The number of hydrogen-bond acceptors (Lipinski definition) is 2. The molecule has 0 aromatic heterocycles. The van der Waals surface area contributed by atoms with E-state index in [1.807, 2.05) is 6.92 Å². The van der Waals surface area contributed by atoms with Gasteiger partial charge in [0.2, 0.25) is 11.3 Å². The predicted molar refractivity (Wildman–Crippen MR) is 44.3 cm³/mol. The van der Waals surface area contributed by atoms with Gasteiger partial charge in [0.25, 0.3) is 0 Å². The summed E-state index contributed by atoms with van der Waals surface area (Å²) in [5, 5.41) is 8.95. The van der Waals surface area contributed by atoms with Crippen LogP contribution in [0.4, 0.5) is 0 Å². The van der Waals surface area contributed by atoms with Gasteiger partial charge in [0.15, 0.2) is 0 Å². The van der Waals surface area contributed by atoms with Gasteiger partial charge in [0.1, 0.15) is 0 Å². The summed E-state index contributed by atoms with van der Waals surface area (Å²) in [6.07, 6.45) is 0.802. The molecule has 0 saturated heterocycles. The molecular formula is C6H15NO3S. The molecule has 0 spiro atoms. The molecule has 0 aromatic rings. The van der Waals surface area contributed by atoms with E-state index < -0.39 is 17.4 Å². The van der Waals surface area contributed by atoms with Crippen LogP contribution in [0, 0.1) is 0 Å². The van der Waals surface area contributed by atoms with Crippen molar-refractivity contribution in [1.82, 2.24) is 4.72 Å². The predicted octanol–water partition coefficient (Wildman–Crippen LogP) is 0.262. The molecule has 68 valence electrons. The van der Waals surface area contributed by atoms with Crippen LogP contribution in [0.5, 0.6) is 0 Å². The third-order valence-corrected chi connectivity index (χ3v) is 1.92. The van der Waals surface area contributed by atoms with Crippen LogP contribution in [0.1, 0.15) is 26.7 Å². The first-order chi connectivity index (χ1) is 5.06. The van der Waals surface area contributed by atoms with Crippen LogP contribution in [0.15, 0.2) is 0 Å². The van der Waals surface area contributed by atoms with E-state index in [4.69, 9.17) is 9.66 Å². The highest BCUT2D eigenvalue weighted by atomic mass is 32.2. The Balaban J connectivity index is 3.66. The SMILES string of the molecule is CCC(CC(C)O)NS(=O)O. The standard InChI is InChI=1S/C6H15NO3S/c1-3-6(4-5(2)8)7-11(9)10/h5-8H,3-4H2,1-2H3,(H,9,10). The third kappa shape index (κ3) is 6.43. The number of rotatable bonds is 5. The summed E-state index contributed by atoms with van der Waals surface area (Å²) in [6.45, 7) is 3.55. The lowest BCUT2D eigenvalue weighted by Crippen LogP contribution is -2.32. The maximum Gasteiger partial charge on any atom is 0.231 e. The fraction of sp³-hybridized carbons (Fsp3) is 1.00. The summed E-state index contributed by atoms with van der Waals surface area (Å²) in [5.74, 6) is 0. The smallest absolute Gasteiger partial charge is 0.231 e. The maximum absolute atomic E-state index is 10.3. The molecule has 0 aliphatic heterocycles. The third-order valence-electron chi connectivity index (χ3n) is 1.39. The fourth-order valence-electron chi connectivity index (χ4n) is 0.852. The topological polar surface area (TPSA) is 69.6 Å². The molecule has 0 saturated carbocycles. The van der Waals surface area contributed by atoms with Crippen LogP contribution < -0.4 is 4.72 Å². The van der Waals surface area contributed by atoms with E-state index in [2.05, 4.69) is 4.72 Å². The van der Waals surface area contributed by atoms with E-state index >= 15 is 0 Å². The van der Waals surface area contributed by atoms with Crippen molar-refractivity contribution in [3.05, 3.63) is 0 Å². The van der Waals surface area contributed by atoms with Crippen LogP contribution >= 0.6 is 0 Å². The molecule has 0 aliphatic rings. The summed E-state index contributed by atoms with van der Waals surface area (Å²) in [5.41, 5.74) is 0. The van der Waals surface area contributed by atoms with Gasteiger partial charge < -0.3 is 5.11 Å². The van der Waals surface area contributed by atoms with Crippen LogP contribution in [0.2, 0.25) is 0 Å². The first-order valence-corrected chi connectivity index (χ1v) is 4.72. The van der Waals surface area contributed by atoms with E-state index in [1.165, 1.54) is 0 Å². The zero-order chi connectivity index (χ0) is 8.85. The number of nitrogens with one attached hydrogen (secondary N) is 1. The molecular weight excluding hydrogens is 166 g/mol. The highest BCUT2D eigenvalue weighted by Gasteiger charge is 2.10. The lowest BCUT2D eigenvalue weighted by atomic mass is 10.1. The highest BCUT2D eigenvalue weighted by molar-refractivity contribution is 7.77. The lowest BCUT2D eigenvalue weighted by Gasteiger charge is -2.15. The van der Waals surface area contributed by atoms with Crippen LogP contribution in [0.3, 0.4) is 0 Å². The van der Waals surface area contributed by atoms with Crippen molar-refractivity contribution in [2.45, 2.75) is 38.8 Å². The maximum atomic E-state index is 10.3. The minimum absolute atomic E-state index is 0.0826. The Labute approximate surface area is 69.4 Å². The molecule has 0 aromatic carbocycles. The molecule has 0 heterocycles. The van der Waals surface area contributed by atoms with E-state index in [-0.39, 0.29) is 6.04 Å². The average molecular weight is 181 g/mol. The Morgan fingerprint density at radius 1 is 1.64 bits per heavy atom. The summed E-state index contributed by atoms with van der Waals surface area (Å²) < 4.78 is 21.1. The first kappa shape index (κ1) is 11.0. The Morgan fingerprint density at radius 3 is 2.45 bits per heavy atom. The van der Waals surface area contributed by atoms with E-state index in [1.54, 1.807) is 6.92 Å². The molecule has 3 atom stereocenters. The fourth-order valence-corrected chi connectivity index (χ4v) is 1.40. The highest BCUT2D eigenvalue weighted by Crippen LogP contribution is 2.01. The van der Waals surface area contributed by atoms with Crippen molar-refractivity contribution in [1.29, 1.82) is 0 Å². The van der Waals surface area contributed by atoms with Gasteiger partial charge in [0, 0.05) is 6.04 Å². The van der Waals surface area contributed by atoms with Crippen molar-refractivity contribution in [3.8, 4) is 0 Å². The van der Waals surface area contributed by atoms with E-state index in [0.29, 0.717) is 6.42 Å². The summed E-state index contributed by atoms with van der Waals surface area (Å²) >= 11 is -1.97. The molecule has 11 heavy (non-hydrogen) atoms. The van der Waals surface area contributed by atoms with Gasteiger partial charge in [-0.2, -0.15) is 0 Å². The van der Waals surface area contributed by atoms with Crippen LogP contribution in [-0.2, 0) is 11.3 Å². The second-order valence-corrected chi connectivity index (χ2v) is 3.29. The number of hydrogen-bond donors (Lipinski definition) is 3. The Morgan fingerprint density at radius 2 is 2.18 bits per heavy atom. The quantitative estimate of drug-likeness (QED) is 0.533. The zero-order valence-corrected chi connectivity index (χ0v) is 7.60. The molecule has 5 heteroatoms. The molecule has 0 rings (SSSR count). The average Bonchev–Trinajstić information content (AvgIpc) is 1.84. The lowest BCUT2D eigenvalue weighted by molar-refractivity contribution is 0.171. The zero-order valence-electron chi connectivity index (χ0n) is 6.78. The van der Waals surface area contributed by atoms with Crippen molar-refractivity contribution in [2.75, 3.05) is 0 Å². The van der Waals surface area contributed by atoms with Gasteiger partial charge >= 0.3 is 0 Å². The van der Waals surface area contributed by atoms with Gasteiger partial charge in [-0.1, -0.05) is 6.92 Å². The Hall–Kier alpha value is 0.0300. The number of aliphatic hydroxyl groups is 1. The molecule has 3 unspecified atom stereocenters.